The van der Waals surface area contributed by atoms with Crippen LogP contribution in [0.4, 0.5) is 0 Å². The van der Waals surface area contributed by atoms with E-state index < -0.39 is 0 Å². The summed E-state index contributed by atoms with van der Waals surface area (Å²) in [6.07, 6.45) is -0.153. The molecule has 0 fully saturated rings. The van der Waals surface area contributed by atoms with Gasteiger partial charge in [0.05, 0.1) is 6.61 Å². The van der Waals surface area contributed by atoms with Crippen LogP contribution in [-0.2, 0) is 4.74 Å². The summed E-state index contributed by atoms with van der Waals surface area (Å²) < 4.78 is 6.89. The molecule has 19 heavy (non-hydrogen) atoms. The molecular weight excluding hydrogens is 326 g/mol. The van der Waals surface area contributed by atoms with Gasteiger partial charge in [-0.25, -0.2) is 0 Å². The van der Waals surface area contributed by atoms with Gasteiger partial charge in [-0.2, -0.15) is 0 Å². The van der Waals surface area contributed by atoms with Gasteiger partial charge < -0.3 is 10.5 Å². The third kappa shape index (κ3) is 4.05. The van der Waals surface area contributed by atoms with E-state index in [2.05, 4.69) is 15.9 Å². The second kappa shape index (κ2) is 7.06. The molecule has 100 valence electrons. The lowest BCUT2D eigenvalue weighted by atomic mass is 10.0. The monoisotopic (exact) mass is 339 g/mol. The Morgan fingerprint density at radius 2 is 1.79 bits per heavy atom. The maximum atomic E-state index is 6.05. The molecule has 1 atom stereocenters. The largest absolute Gasteiger partial charge is 0.367 e. The first kappa shape index (κ1) is 14.5. The van der Waals surface area contributed by atoms with E-state index in [1.165, 1.54) is 0 Å². The van der Waals surface area contributed by atoms with Crippen molar-refractivity contribution in [2.45, 2.75) is 6.10 Å². The summed E-state index contributed by atoms with van der Waals surface area (Å²) >= 11 is 9.53. The van der Waals surface area contributed by atoms with Crippen molar-refractivity contribution in [1.82, 2.24) is 0 Å². The Morgan fingerprint density at radius 3 is 2.42 bits per heavy atom. The second-order valence-electron chi connectivity index (χ2n) is 4.15. The number of hydrogen-bond donors (Lipinski definition) is 1. The van der Waals surface area contributed by atoms with Crippen molar-refractivity contribution in [2.75, 3.05) is 13.2 Å². The van der Waals surface area contributed by atoms with E-state index in [-0.39, 0.29) is 6.10 Å². The summed E-state index contributed by atoms with van der Waals surface area (Å²) in [5, 5.41) is 0.703. The fourth-order valence-electron chi connectivity index (χ4n) is 1.91. The van der Waals surface area contributed by atoms with Crippen molar-refractivity contribution < 1.29 is 4.74 Å². The minimum Gasteiger partial charge on any atom is -0.367 e. The molecule has 0 heterocycles. The standard InChI is InChI=1S/C15H15BrClNO/c16-13-5-1-3-11(9-13)15(19-8-7-18)12-4-2-6-14(17)10-12/h1-6,9-10,15H,7-8,18H2. The highest BCUT2D eigenvalue weighted by atomic mass is 79.9. The summed E-state index contributed by atoms with van der Waals surface area (Å²) in [5.74, 6) is 0. The molecule has 2 aromatic carbocycles. The molecular formula is C15H15BrClNO. The molecule has 0 saturated carbocycles. The molecule has 0 spiro atoms. The second-order valence-corrected chi connectivity index (χ2v) is 5.50. The van der Waals surface area contributed by atoms with E-state index in [0.717, 1.165) is 15.6 Å². The van der Waals surface area contributed by atoms with Crippen LogP contribution in [-0.4, -0.2) is 13.2 Å². The molecule has 2 rings (SSSR count). The molecule has 0 aliphatic heterocycles. The number of nitrogens with two attached hydrogens (primary N) is 1. The zero-order valence-electron chi connectivity index (χ0n) is 10.4. The Bertz CT molecular complexity index is 502. The smallest absolute Gasteiger partial charge is 0.108 e. The number of ether oxygens (including phenoxy) is 1. The van der Waals surface area contributed by atoms with Crippen LogP contribution in [0.3, 0.4) is 0 Å². The molecule has 0 aromatic heterocycles. The molecule has 0 aliphatic carbocycles. The van der Waals surface area contributed by atoms with E-state index in [0.29, 0.717) is 18.2 Å². The van der Waals surface area contributed by atoms with E-state index in [4.69, 9.17) is 22.1 Å². The summed E-state index contributed by atoms with van der Waals surface area (Å²) in [7, 11) is 0. The molecule has 2 N–H and O–H groups in total. The molecule has 0 amide bonds. The molecule has 0 radical (unpaired) electrons. The highest BCUT2D eigenvalue weighted by Crippen LogP contribution is 2.29. The Labute approximate surface area is 126 Å². The van der Waals surface area contributed by atoms with E-state index in [1.807, 2.05) is 48.5 Å². The fourth-order valence-corrected chi connectivity index (χ4v) is 2.53. The summed E-state index contributed by atoms with van der Waals surface area (Å²) in [5.41, 5.74) is 7.63. The SMILES string of the molecule is NCCOC(c1cccc(Cl)c1)c1cccc(Br)c1. The van der Waals surface area contributed by atoms with Gasteiger partial charge in [0.15, 0.2) is 0 Å². The summed E-state index contributed by atoms with van der Waals surface area (Å²) in [4.78, 5) is 0. The number of rotatable bonds is 5. The van der Waals surface area contributed by atoms with Gasteiger partial charge in [0, 0.05) is 16.0 Å². The maximum Gasteiger partial charge on any atom is 0.108 e. The Morgan fingerprint density at radius 1 is 1.11 bits per heavy atom. The van der Waals surface area contributed by atoms with E-state index in [1.54, 1.807) is 0 Å². The molecule has 2 nitrogen and oxygen atoms in total. The van der Waals surface area contributed by atoms with Gasteiger partial charge in [0.25, 0.3) is 0 Å². The van der Waals surface area contributed by atoms with Crippen LogP contribution in [0.15, 0.2) is 53.0 Å². The lowest BCUT2D eigenvalue weighted by Gasteiger charge is -2.19. The number of halogens is 2. The topological polar surface area (TPSA) is 35.2 Å². The van der Waals surface area contributed by atoms with Crippen LogP contribution in [0.2, 0.25) is 5.02 Å². The van der Waals surface area contributed by atoms with Gasteiger partial charge in [-0.05, 0) is 35.4 Å². The Kier molecular flexibility index (Phi) is 5.40. The zero-order chi connectivity index (χ0) is 13.7. The molecule has 0 aliphatic rings. The fraction of sp³-hybridized carbons (Fsp3) is 0.200. The first-order valence-corrected chi connectivity index (χ1v) is 7.20. The van der Waals surface area contributed by atoms with Crippen LogP contribution in [0.1, 0.15) is 17.2 Å². The minimum atomic E-state index is -0.153. The van der Waals surface area contributed by atoms with E-state index >= 15 is 0 Å². The summed E-state index contributed by atoms with van der Waals surface area (Å²) in [6.45, 7) is 0.995. The first-order valence-electron chi connectivity index (χ1n) is 6.03. The lowest BCUT2D eigenvalue weighted by Crippen LogP contribution is -2.13. The van der Waals surface area contributed by atoms with Crippen LogP contribution in [0, 0.1) is 0 Å². The average Bonchev–Trinajstić information content (AvgIpc) is 2.39. The van der Waals surface area contributed by atoms with Crippen LogP contribution in [0.25, 0.3) is 0 Å². The van der Waals surface area contributed by atoms with Crippen LogP contribution in [0.5, 0.6) is 0 Å². The highest BCUT2D eigenvalue weighted by Gasteiger charge is 2.15. The minimum absolute atomic E-state index is 0.153. The highest BCUT2D eigenvalue weighted by molar-refractivity contribution is 9.10. The van der Waals surface area contributed by atoms with Crippen molar-refractivity contribution >= 4 is 27.5 Å². The Balaban J connectivity index is 2.35. The van der Waals surface area contributed by atoms with Crippen molar-refractivity contribution in [2.24, 2.45) is 5.73 Å². The maximum absolute atomic E-state index is 6.05. The van der Waals surface area contributed by atoms with E-state index in [9.17, 15) is 0 Å². The number of hydrogen-bond acceptors (Lipinski definition) is 2. The third-order valence-electron chi connectivity index (χ3n) is 2.71. The van der Waals surface area contributed by atoms with Gasteiger partial charge in [0.1, 0.15) is 6.10 Å². The molecule has 0 saturated heterocycles. The van der Waals surface area contributed by atoms with Crippen LogP contribution >= 0.6 is 27.5 Å². The van der Waals surface area contributed by atoms with Crippen LogP contribution < -0.4 is 5.73 Å². The first-order chi connectivity index (χ1) is 9.20. The third-order valence-corrected chi connectivity index (χ3v) is 3.43. The normalized spacial score (nSPS) is 12.4. The zero-order valence-corrected chi connectivity index (χ0v) is 12.7. The molecule has 0 bridgehead atoms. The average molecular weight is 341 g/mol. The predicted octanol–water partition coefficient (Wildman–Crippen LogP) is 4.17. The van der Waals surface area contributed by atoms with Crippen molar-refractivity contribution in [3.63, 3.8) is 0 Å². The molecule has 2 aromatic rings. The van der Waals surface area contributed by atoms with Gasteiger partial charge in [0.2, 0.25) is 0 Å². The van der Waals surface area contributed by atoms with Gasteiger partial charge in [-0.15, -0.1) is 0 Å². The van der Waals surface area contributed by atoms with Gasteiger partial charge in [-0.3, -0.25) is 0 Å². The van der Waals surface area contributed by atoms with Gasteiger partial charge >= 0.3 is 0 Å². The molecule has 1 unspecified atom stereocenters. The van der Waals surface area contributed by atoms with Crippen molar-refractivity contribution in [3.8, 4) is 0 Å². The Hall–Kier alpha value is -0.870. The number of benzene rings is 2. The van der Waals surface area contributed by atoms with Crippen molar-refractivity contribution in [1.29, 1.82) is 0 Å². The quantitative estimate of drug-likeness (QED) is 0.886. The predicted molar refractivity (Wildman–Crippen MR) is 82.4 cm³/mol. The lowest BCUT2D eigenvalue weighted by molar-refractivity contribution is 0.0864. The summed E-state index contributed by atoms with van der Waals surface area (Å²) in [6, 6.07) is 15.8. The van der Waals surface area contributed by atoms with Gasteiger partial charge in [-0.1, -0.05) is 51.8 Å². The molecule has 4 heteroatoms. The van der Waals surface area contributed by atoms with Crippen molar-refractivity contribution in [3.05, 3.63) is 69.2 Å².